The summed E-state index contributed by atoms with van der Waals surface area (Å²) >= 11 is 1.34. The molecule has 0 aromatic rings. The first kappa shape index (κ1) is 13.0. The van der Waals surface area contributed by atoms with Gasteiger partial charge in [-0.1, -0.05) is 11.8 Å². The molecule has 0 saturated carbocycles. The summed E-state index contributed by atoms with van der Waals surface area (Å²) in [6, 6.07) is 0. The minimum Gasteiger partial charge on any atom is -0.365 e. The molecular formula is C10H17N3O2S. The molecular weight excluding hydrogens is 226 g/mol. The van der Waals surface area contributed by atoms with Crippen LogP contribution in [0.15, 0.2) is 4.99 Å². The van der Waals surface area contributed by atoms with Crippen LogP contribution < -0.4 is 5.32 Å². The molecule has 6 heteroatoms. The van der Waals surface area contributed by atoms with Gasteiger partial charge in [-0.25, -0.2) is 0 Å². The number of nitrogens with one attached hydrogen (secondary N) is 1. The van der Waals surface area contributed by atoms with Gasteiger partial charge in [0.05, 0.1) is 0 Å². The lowest BCUT2D eigenvalue weighted by Gasteiger charge is -2.11. The highest BCUT2D eigenvalue weighted by Crippen LogP contribution is 2.24. The molecule has 0 bridgehead atoms. The van der Waals surface area contributed by atoms with E-state index in [2.05, 4.69) is 10.3 Å². The van der Waals surface area contributed by atoms with Crippen LogP contribution in [0.25, 0.3) is 0 Å². The molecule has 0 radical (unpaired) electrons. The number of nitrogens with zero attached hydrogens (tertiary/aromatic N) is 2. The Morgan fingerprint density at radius 3 is 2.69 bits per heavy atom. The third-order valence-electron chi connectivity index (χ3n) is 2.22. The number of carbonyl (C=O) groups excluding carboxylic acids is 2. The summed E-state index contributed by atoms with van der Waals surface area (Å²) in [5.41, 5.74) is 0. The number of hydrogen-bond acceptors (Lipinski definition) is 4. The number of amides is 2. The van der Waals surface area contributed by atoms with Crippen molar-refractivity contribution < 1.29 is 9.59 Å². The van der Waals surface area contributed by atoms with Gasteiger partial charge in [0.1, 0.15) is 5.25 Å². The molecule has 1 atom stereocenters. The third-order valence-corrected chi connectivity index (χ3v) is 3.37. The molecule has 16 heavy (non-hydrogen) atoms. The van der Waals surface area contributed by atoms with E-state index in [0.717, 1.165) is 11.7 Å². The number of likely N-dealkylation sites (tertiary alicyclic amines) is 1. The van der Waals surface area contributed by atoms with Crippen LogP contribution in [0.3, 0.4) is 0 Å². The summed E-state index contributed by atoms with van der Waals surface area (Å²) in [6.45, 7) is 5.34. The summed E-state index contributed by atoms with van der Waals surface area (Å²) in [4.78, 5) is 28.4. The fourth-order valence-corrected chi connectivity index (χ4v) is 2.56. The van der Waals surface area contributed by atoms with Crippen molar-refractivity contribution in [3.05, 3.63) is 0 Å². The van der Waals surface area contributed by atoms with Crippen LogP contribution in [-0.2, 0) is 9.59 Å². The first-order valence-electron chi connectivity index (χ1n) is 5.35. The van der Waals surface area contributed by atoms with Crippen molar-refractivity contribution >= 4 is 28.7 Å². The third kappa shape index (κ3) is 2.98. The Labute approximate surface area is 99.7 Å². The quantitative estimate of drug-likeness (QED) is 0.444. The van der Waals surface area contributed by atoms with Crippen molar-refractivity contribution in [3.63, 3.8) is 0 Å². The van der Waals surface area contributed by atoms with E-state index in [1.54, 1.807) is 0 Å². The Balaban J connectivity index is 2.63. The van der Waals surface area contributed by atoms with Gasteiger partial charge >= 0.3 is 0 Å². The van der Waals surface area contributed by atoms with Crippen molar-refractivity contribution in [2.75, 3.05) is 20.1 Å². The molecule has 2 amide bonds. The zero-order valence-corrected chi connectivity index (χ0v) is 10.6. The topological polar surface area (TPSA) is 61.8 Å². The van der Waals surface area contributed by atoms with E-state index in [4.69, 9.17) is 0 Å². The van der Waals surface area contributed by atoms with E-state index in [0.29, 0.717) is 6.54 Å². The molecule has 1 heterocycles. The van der Waals surface area contributed by atoms with Crippen LogP contribution in [0, 0.1) is 0 Å². The largest absolute Gasteiger partial charge is 0.365 e. The summed E-state index contributed by atoms with van der Waals surface area (Å²) in [6.07, 6.45) is 0.272. The molecule has 0 aromatic heterocycles. The van der Waals surface area contributed by atoms with Gasteiger partial charge in [0.15, 0.2) is 5.17 Å². The smallest absolute Gasteiger partial charge is 0.243 e. The van der Waals surface area contributed by atoms with Crippen molar-refractivity contribution in [2.24, 2.45) is 4.99 Å². The number of rotatable bonds is 3. The van der Waals surface area contributed by atoms with Crippen molar-refractivity contribution in [2.45, 2.75) is 25.5 Å². The van der Waals surface area contributed by atoms with E-state index in [1.807, 2.05) is 13.8 Å². The Morgan fingerprint density at radius 2 is 2.25 bits per heavy atom. The lowest BCUT2D eigenvalue weighted by atomic mass is 10.4. The number of carbonyl (C=O) groups is 2. The lowest BCUT2D eigenvalue weighted by molar-refractivity contribution is -0.136. The fraction of sp³-hybridized carbons (Fsp3) is 0.700. The molecule has 1 N–H and O–H groups in total. The molecule has 0 spiro atoms. The molecule has 1 rings (SSSR count). The average molecular weight is 243 g/mol. The van der Waals surface area contributed by atoms with Crippen LogP contribution in [0.2, 0.25) is 0 Å². The molecule has 5 nitrogen and oxygen atoms in total. The molecule has 1 aliphatic rings. The van der Waals surface area contributed by atoms with E-state index in [-0.39, 0.29) is 23.5 Å². The van der Waals surface area contributed by atoms with Gasteiger partial charge in [-0.3, -0.25) is 19.5 Å². The van der Waals surface area contributed by atoms with E-state index < -0.39 is 0 Å². The monoisotopic (exact) mass is 243 g/mol. The molecule has 90 valence electrons. The summed E-state index contributed by atoms with van der Waals surface area (Å²) < 4.78 is 0. The van der Waals surface area contributed by atoms with Crippen molar-refractivity contribution in [1.29, 1.82) is 0 Å². The highest BCUT2D eigenvalue weighted by Gasteiger charge is 2.37. The second kappa shape index (κ2) is 5.89. The molecule has 0 aromatic carbocycles. The highest BCUT2D eigenvalue weighted by atomic mass is 32.2. The predicted molar refractivity (Wildman–Crippen MR) is 65.4 cm³/mol. The Bertz CT molecular complexity index is 317. The first-order chi connectivity index (χ1) is 7.60. The lowest BCUT2D eigenvalue weighted by Crippen LogP contribution is -2.29. The van der Waals surface area contributed by atoms with Crippen molar-refractivity contribution in [1.82, 2.24) is 10.2 Å². The van der Waals surface area contributed by atoms with Crippen LogP contribution in [0.5, 0.6) is 0 Å². The Morgan fingerprint density at radius 1 is 1.56 bits per heavy atom. The number of aliphatic imine (C=N–C) groups is 1. The zero-order valence-electron chi connectivity index (χ0n) is 9.82. The second-order valence-electron chi connectivity index (χ2n) is 3.41. The van der Waals surface area contributed by atoms with Gasteiger partial charge in [-0.05, 0) is 13.8 Å². The second-order valence-corrected chi connectivity index (χ2v) is 4.60. The number of hydrogen-bond donors (Lipinski definition) is 1. The number of thioether (sulfide) groups is 1. The SMILES string of the molecule is CCN=C(NCC)S[C@@H]1CC(=O)N(C)C1=O. The molecule has 0 aliphatic carbocycles. The molecule has 1 fully saturated rings. The van der Waals surface area contributed by atoms with Crippen LogP contribution in [0.1, 0.15) is 20.3 Å². The average Bonchev–Trinajstić information content (AvgIpc) is 2.47. The van der Waals surface area contributed by atoms with Gasteiger partial charge in [-0.2, -0.15) is 0 Å². The number of amidine groups is 1. The van der Waals surface area contributed by atoms with Gasteiger partial charge in [0, 0.05) is 26.6 Å². The minimum atomic E-state index is -0.318. The zero-order chi connectivity index (χ0) is 12.1. The summed E-state index contributed by atoms with van der Waals surface area (Å²) in [5.74, 6) is -0.244. The maximum absolute atomic E-state index is 11.7. The van der Waals surface area contributed by atoms with Crippen LogP contribution in [-0.4, -0.2) is 47.3 Å². The van der Waals surface area contributed by atoms with E-state index in [9.17, 15) is 9.59 Å². The van der Waals surface area contributed by atoms with Gasteiger partial charge in [0.2, 0.25) is 11.8 Å². The van der Waals surface area contributed by atoms with Crippen LogP contribution in [0.4, 0.5) is 0 Å². The van der Waals surface area contributed by atoms with Gasteiger partial charge < -0.3 is 5.32 Å². The Kier molecular flexibility index (Phi) is 4.79. The van der Waals surface area contributed by atoms with Gasteiger partial charge in [-0.15, -0.1) is 0 Å². The van der Waals surface area contributed by atoms with E-state index in [1.165, 1.54) is 23.7 Å². The maximum atomic E-state index is 11.7. The predicted octanol–water partition coefficient (Wildman–Crippen LogP) is 0.462. The highest BCUT2D eigenvalue weighted by molar-refractivity contribution is 8.15. The summed E-state index contributed by atoms with van der Waals surface area (Å²) in [7, 11) is 1.52. The fourth-order valence-electron chi connectivity index (χ4n) is 1.38. The van der Waals surface area contributed by atoms with Crippen molar-refractivity contribution in [3.8, 4) is 0 Å². The van der Waals surface area contributed by atoms with E-state index >= 15 is 0 Å². The molecule has 1 aliphatic heterocycles. The van der Waals surface area contributed by atoms with Crippen LogP contribution >= 0.6 is 11.8 Å². The normalized spacial score (nSPS) is 21.8. The Hall–Kier alpha value is -1.04. The van der Waals surface area contributed by atoms with Gasteiger partial charge in [0.25, 0.3) is 0 Å². The standard InChI is InChI=1S/C10H17N3O2S/c1-4-11-10(12-5-2)16-7-6-8(14)13(3)9(7)15/h7H,4-6H2,1-3H3,(H,11,12)/t7-/m1/s1. The minimum absolute atomic E-state index is 0.116. The molecule has 1 saturated heterocycles. The molecule has 0 unspecified atom stereocenters. The maximum Gasteiger partial charge on any atom is 0.243 e. The first-order valence-corrected chi connectivity index (χ1v) is 6.23. The summed E-state index contributed by atoms with van der Waals surface area (Å²) in [5, 5.41) is 3.52. The number of imide groups is 1.